The second kappa shape index (κ2) is 11.1. The number of hydrogen-bond donors (Lipinski definition) is 2. The number of carbonyl (C=O) groups is 1. The second-order valence-electron chi connectivity index (χ2n) is 6.59. The number of rotatable bonds is 14. The highest BCUT2D eigenvalue weighted by Crippen LogP contribution is 2.29. The summed E-state index contributed by atoms with van der Waals surface area (Å²) in [4.78, 5) is 20.8. The number of nitro groups is 1. The van der Waals surface area contributed by atoms with Crippen molar-refractivity contribution in [3.63, 3.8) is 0 Å². The van der Waals surface area contributed by atoms with Crippen LogP contribution in [0, 0.1) is 10.1 Å². The largest absolute Gasteiger partial charge is 0.481 e. The Hall–Kier alpha value is -2.71. The molecule has 2 N–H and O–H groups in total. The van der Waals surface area contributed by atoms with Gasteiger partial charge in [-0.2, -0.15) is 0 Å². The summed E-state index contributed by atoms with van der Waals surface area (Å²) >= 11 is 0. The van der Waals surface area contributed by atoms with Gasteiger partial charge in [0.15, 0.2) is 5.52 Å². The molecule has 0 atom stereocenters. The predicted octanol–water partition coefficient (Wildman–Crippen LogP) is 4.53. The summed E-state index contributed by atoms with van der Waals surface area (Å²) in [5.74, 6) is -0.710. The average molecular weight is 378 g/mol. The SMILES string of the molecule is O=C(O)CCCCCCCCCCCNc1ccc([N+](=O)[O-])c2onnc12. The van der Waals surface area contributed by atoms with Crippen LogP contribution in [0.15, 0.2) is 16.7 Å². The van der Waals surface area contributed by atoms with Crippen LogP contribution in [-0.2, 0) is 4.79 Å². The molecular weight excluding hydrogens is 352 g/mol. The van der Waals surface area contributed by atoms with Crippen LogP contribution in [0.4, 0.5) is 11.4 Å². The standard InChI is InChI=1S/C18H26N4O5/c23-16(24)10-8-6-4-2-1-3-5-7-9-13-19-14-11-12-15(22(25)26)18-17(14)20-21-27-18/h11-12,19H,1-10,13H2,(H,23,24). The molecule has 148 valence electrons. The summed E-state index contributed by atoms with van der Waals surface area (Å²) in [6.45, 7) is 0.759. The van der Waals surface area contributed by atoms with E-state index in [1.807, 2.05) is 0 Å². The van der Waals surface area contributed by atoms with E-state index in [4.69, 9.17) is 9.63 Å². The number of nitro benzene ring substituents is 1. The molecule has 0 saturated carbocycles. The molecule has 0 bridgehead atoms. The fourth-order valence-electron chi connectivity index (χ4n) is 3.00. The number of hydrogen-bond acceptors (Lipinski definition) is 7. The lowest BCUT2D eigenvalue weighted by atomic mass is 10.1. The van der Waals surface area contributed by atoms with Crippen molar-refractivity contribution in [1.29, 1.82) is 0 Å². The van der Waals surface area contributed by atoms with Crippen molar-refractivity contribution in [3.8, 4) is 0 Å². The van der Waals surface area contributed by atoms with E-state index in [0.717, 1.165) is 51.5 Å². The maximum Gasteiger partial charge on any atom is 0.316 e. The minimum Gasteiger partial charge on any atom is -0.481 e. The fourth-order valence-corrected chi connectivity index (χ4v) is 3.00. The number of nitrogens with one attached hydrogen (secondary N) is 1. The number of benzene rings is 1. The van der Waals surface area contributed by atoms with Crippen molar-refractivity contribution in [2.75, 3.05) is 11.9 Å². The number of nitrogens with zero attached hydrogens (tertiary/aromatic N) is 3. The summed E-state index contributed by atoms with van der Waals surface area (Å²) < 4.78 is 4.90. The topological polar surface area (TPSA) is 131 Å². The Morgan fingerprint density at radius 1 is 1.07 bits per heavy atom. The fraction of sp³-hybridized carbons (Fsp3) is 0.611. The van der Waals surface area contributed by atoms with E-state index in [0.29, 0.717) is 11.2 Å². The van der Waals surface area contributed by atoms with Crippen molar-refractivity contribution in [2.45, 2.75) is 64.2 Å². The lowest BCUT2D eigenvalue weighted by Crippen LogP contribution is -2.02. The molecule has 0 radical (unpaired) electrons. The first kappa shape index (κ1) is 20.6. The molecule has 0 amide bonds. The van der Waals surface area contributed by atoms with Gasteiger partial charge in [0.1, 0.15) is 0 Å². The molecular formula is C18H26N4O5. The van der Waals surface area contributed by atoms with Crippen LogP contribution >= 0.6 is 0 Å². The number of aliphatic carboxylic acids is 1. The molecule has 0 saturated heterocycles. The van der Waals surface area contributed by atoms with E-state index in [9.17, 15) is 14.9 Å². The quantitative estimate of drug-likeness (QED) is 0.278. The molecule has 0 aliphatic carbocycles. The number of fused-ring (bicyclic) bond motifs is 1. The van der Waals surface area contributed by atoms with E-state index in [1.165, 1.54) is 18.9 Å². The van der Waals surface area contributed by atoms with Gasteiger partial charge in [0.2, 0.25) is 0 Å². The van der Waals surface area contributed by atoms with Crippen LogP contribution in [-0.4, -0.2) is 32.9 Å². The molecule has 2 aromatic rings. The summed E-state index contributed by atoms with van der Waals surface area (Å²) in [7, 11) is 0. The van der Waals surface area contributed by atoms with Gasteiger partial charge in [0.05, 0.1) is 10.6 Å². The predicted molar refractivity (Wildman–Crippen MR) is 101 cm³/mol. The van der Waals surface area contributed by atoms with Gasteiger partial charge in [-0.25, -0.2) is 0 Å². The van der Waals surface area contributed by atoms with Crippen molar-refractivity contribution >= 4 is 28.4 Å². The first-order valence-corrected chi connectivity index (χ1v) is 9.44. The Morgan fingerprint density at radius 3 is 2.33 bits per heavy atom. The first-order valence-electron chi connectivity index (χ1n) is 9.44. The Labute approximate surface area is 157 Å². The molecule has 0 spiro atoms. The van der Waals surface area contributed by atoms with Gasteiger partial charge in [0, 0.05) is 24.3 Å². The molecule has 0 unspecified atom stereocenters. The molecule has 27 heavy (non-hydrogen) atoms. The first-order chi connectivity index (χ1) is 13.1. The zero-order valence-electron chi connectivity index (χ0n) is 15.4. The van der Waals surface area contributed by atoms with Crippen LogP contribution in [0.1, 0.15) is 64.2 Å². The molecule has 1 aromatic heterocycles. The lowest BCUT2D eigenvalue weighted by molar-refractivity contribution is -0.383. The maximum atomic E-state index is 11.0. The van der Waals surface area contributed by atoms with Gasteiger partial charge < -0.3 is 14.9 Å². The molecule has 0 aliphatic heterocycles. The highest BCUT2D eigenvalue weighted by atomic mass is 16.6. The van der Waals surface area contributed by atoms with Crippen LogP contribution in [0.3, 0.4) is 0 Å². The third-order valence-corrected chi connectivity index (χ3v) is 4.46. The molecule has 0 fully saturated rings. The maximum absolute atomic E-state index is 11.0. The second-order valence-corrected chi connectivity index (χ2v) is 6.59. The molecule has 2 rings (SSSR count). The van der Waals surface area contributed by atoms with Crippen LogP contribution in [0.2, 0.25) is 0 Å². The Bertz CT molecular complexity index is 746. The Kier molecular flexibility index (Phi) is 8.47. The normalized spacial score (nSPS) is 11.0. The van der Waals surface area contributed by atoms with E-state index < -0.39 is 10.9 Å². The summed E-state index contributed by atoms with van der Waals surface area (Å²) in [6, 6.07) is 3.03. The van der Waals surface area contributed by atoms with Crippen LogP contribution in [0.25, 0.3) is 11.1 Å². The van der Waals surface area contributed by atoms with Gasteiger partial charge in [-0.3, -0.25) is 14.9 Å². The van der Waals surface area contributed by atoms with Gasteiger partial charge >= 0.3 is 11.7 Å². The van der Waals surface area contributed by atoms with Gasteiger partial charge in [-0.15, -0.1) is 5.10 Å². The highest BCUT2D eigenvalue weighted by molar-refractivity contribution is 5.92. The van der Waals surface area contributed by atoms with Gasteiger partial charge in [-0.05, 0) is 18.9 Å². The lowest BCUT2D eigenvalue weighted by Gasteiger charge is -2.06. The molecule has 9 heteroatoms. The number of non-ortho nitro benzene ring substituents is 1. The van der Waals surface area contributed by atoms with E-state index in [2.05, 4.69) is 15.7 Å². The number of unbranched alkanes of at least 4 members (excludes halogenated alkanes) is 8. The molecule has 0 aliphatic rings. The highest BCUT2D eigenvalue weighted by Gasteiger charge is 2.19. The van der Waals surface area contributed by atoms with Crippen LogP contribution in [0.5, 0.6) is 0 Å². The summed E-state index contributed by atoms with van der Waals surface area (Å²) in [5.41, 5.74) is 1.03. The van der Waals surface area contributed by atoms with Crippen molar-refractivity contribution in [2.24, 2.45) is 0 Å². The number of carboxylic acid groups (broad SMARTS) is 1. The number of anilines is 1. The number of aromatic nitrogens is 2. The zero-order chi connectivity index (χ0) is 19.5. The van der Waals surface area contributed by atoms with Crippen LogP contribution < -0.4 is 5.32 Å². The van der Waals surface area contributed by atoms with Gasteiger partial charge in [-0.1, -0.05) is 44.9 Å². The molecule has 1 aromatic carbocycles. The summed E-state index contributed by atoms with van der Waals surface area (Å²) in [5, 5.41) is 30.0. The van der Waals surface area contributed by atoms with Crippen molar-refractivity contribution in [1.82, 2.24) is 10.4 Å². The van der Waals surface area contributed by atoms with E-state index in [-0.39, 0.29) is 17.7 Å². The van der Waals surface area contributed by atoms with Crippen molar-refractivity contribution in [3.05, 3.63) is 22.2 Å². The Balaban J connectivity index is 1.56. The smallest absolute Gasteiger partial charge is 0.316 e. The molecule has 1 heterocycles. The zero-order valence-corrected chi connectivity index (χ0v) is 15.4. The van der Waals surface area contributed by atoms with Crippen molar-refractivity contribution < 1.29 is 19.3 Å². The van der Waals surface area contributed by atoms with E-state index >= 15 is 0 Å². The monoisotopic (exact) mass is 378 g/mol. The third kappa shape index (κ3) is 6.84. The Morgan fingerprint density at radius 2 is 1.70 bits per heavy atom. The van der Waals surface area contributed by atoms with Gasteiger partial charge in [0.25, 0.3) is 5.58 Å². The number of carboxylic acids is 1. The molecule has 9 nitrogen and oxygen atoms in total. The minimum absolute atomic E-state index is 0.0911. The minimum atomic E-state index is -0.710. The average Bonchev–Trinajstić information content (AvgIpc) is 3.12. The third-order valence-electron chi connectivity index (χ3n) is 4.46. The van der Waals surface area contributed by atoms with E-state index in [1.54, 1.807) is 6.07 Å². The summed E-state index contributed by atoms with van der Waals surface area (Å²) in [6.07, 6.45) is 9.98.